The first-order valence-corrected chi connectivity index (χ1v) is 13.8. The largest absolute Gasteiger partial charge is 0.367 e. The molecule has 0 saturated carbocycles. The first kappa shape index (κ1) is 26.7. The molecule has 0 bridgehead atoms. The van der Waals surface area contributed by atoms with Gasteiger partial charge >= 0.3 is 6.03 Å². The molecule has 1 atom stereocenters. The lowest BCUT2D eigenvalue weighted by molar-refractivity contribution is -0.125. The smallest absolute Gasteiger partial charge is 0.330 e. The highest BCUT2D eigenvalue weighted by Crippen LogP contribution is 2.35. The highest BCUT2D eigenvalue weighted by Gasteiger charge is 2.40. The molecule has 3 amide bonds. The Morgan fingerprint density at radius 1 is 1.10 bits per heavy atom. The first-order valence-electron chi connectivity index (χ1n) is 13.8. The van der Waals surface area contributed by atoms with Gasteiger partial charge in [0.1, 0.15) is 11.6 Å². The van der Waals surface area contributed by atoms with Gasteiger partial charge in [-0.2, -0.15) is 4.98 Å². The minimum atomic E-state index is -0.314. The number of carbonyl (C=O) groups is 2. The number of likely N-dealkylation sites (tertiary alicyclic amines) is 1. The molecular formula is C30H33FN8O2. The normalized spacial score (nSPS) is 19.4. The van der Waals surface area contributed by atoms with Crippen LogP contribution < -0.4 is 20.0 Å². The summed E-state index contributed by atoms with van der Waals surface area (Å²) in [6, 6.07) is 14.0. The summed E-state index contributed by atoms with van der Waals surface area (Å²) in [5.41, 5.74) is 2.64. The fourth-order valence-corrected chi connectivity index (χ4v) is 5.67. The third-order valence-corrected chi connectivity index (χ3v) is 7.97. The molecule has 10 nitrogen and oxygen atoms in total. The molecule has 41 heavy (non-hydrogen) atoms. The molecule has 1 unspecified atom stereocenters. The van der Waals surface area contributed by atoms with Crippen LogP contribution in [-0.4, -0.2) is 84.1 Å². The summed E-state index contributed by atoms with van der Waals surface area (Å²) in [5, 5.41) is 3.12. The van der Waals surface area contributed by atoms with E-state index in [1.807, 2.05) is 36.4 Å². The molecule has 3 aromatic rings. The molecule has 2 aromatic carbocycles. The number of rotatable bonds is 6. The number of para-hydroxylation sites is 1. The number of hydrogen-bond acceptors (Lipinski definition) is 7. The number of fused-ring (bicyclic) bond motifs is 1. The fourth-order valence-electron chi connectivity index (χ4n) is 5.67. The van der Waals surface area contributed by atoms with Crippen molar-refractivity contribution in [3.8, 4) is 0 Å². The predicted molar refractivity (Wildman–Crippen MR) is 157 cm³/mol. The average Bonchev–Trinajstić information content (AvgIpc) is 3.47. The summed E-state index contributed by atoms with van der Waals surface area (Å²) in [7, 11) is 2.07. The van der Waals surface area contributed by atoms with Gasteiger partial charge in [0.25, 0.3) is 0 Å². The standard InChI is InChI=1S/C30H33FN8O2/c1-3-27(40)37-12-11-24(20-37)39-28-21(19-38(30(39)41)23-7-5-4-6-8-23)18-32-29(34-28)33-22-9-10-26(25(31)17-22)36-15-13-35(2)14-16-36/h3-10,17-18,24H,1,11-16,19-20H2,2H3,(H,32,33,34). The van der Waals surface area contributed by atoms with E-state index in [1.54, 1.807) is 27.0 Å². The Kier molecular flexibility index (Phi) is 7.27. The molecule has 212 valence electrons. The van der Waals surface area contributed by atoms with E-state index in [4.69, 9.17) is 4.98 Å². The fraction of sp³-hybridized carbons (Fsp3) is 0.333. The zero-order valence-electron chi connectivity index (χ0n) is 23.0. The number of nitrogens with zero attached hydrogens (tertiary/aromatic N) is 7. The zero-order chi connectivity index (χ0) is 28.5. The lowest BCUT2D eigenvalue weighted by Gasteiger charge is -2.39. The Morgan fingerprint density at radius 3 is 2.61 bits per heavy atom. The minimum absolute atomic E-state index is 0.163. The molecule has 0 radical (unpaired) electrons. The number of benzene rings is 2. The molecule has 0 aliphatic carbocycles. The van der Waals surface area contributed by atoms with Gasteiger partial charge < -0.3 is 20.0 Å². The van der Waals surface area contributed by atoms with Crippen molar-refractivity contribution in [2.75, 3.05) is 66.3 Å². The highest BCUT2D eigenvalue weighted by atomic mass is 19.1. The van der Waals surface area contributed by atoms with Crippen molar-refractivity contribution >= 4 is 40.8 Å². The third-order valence-electron chi connectivity index (χ3n) is 7.97. The van der Waals surface area contributed by atoms with Crippen LogP contribution in [0.15, 0.2) is 67.4 Å². The van der Waals surface area contributed by atoms with E-state index >= 15 is 4.39 Å². The van der Waals surface area contributed by atoms with Gasteiger partial charge in [-0.25, -0.2) is 14.2 Å². The van der Waals surface area contributed by atoms with Crippen molar-refractivity contribution in [1.29, 1.82) is 0 Å². The number of halogens is 1. The van der Waals surface area contributed by atoms with E-state index in [0.29, 0.717) is 43.2 Å². The molecule has 0 spiro atoms. The van der Waals surface area contributed by atoms with Crippen LogP contribution in [0, 0.1) is 5.82 Å². The van der Waals surface area contributed by atoms with Crippen LogP contribution >= 0.6 is 0 Å². The van der Waals surface area contributed by atoms with Crippen molar-refractivity contribution in [1.82, 2.24) is 19.8 Å². The maximum absolute atomic E-state index is 15.1. The summed E-state index contributed by atoms with van der Waals surface area (Å²) in [4.78, 5) is 44.8. The summed E-state index contributed by atoms with van der Waals surface area (Å²) in [5.74, 6) is 0.278. The van der Waals surface area contributed by atoms with Gasteiger partial charge in [0.15, 0.2) is 0 Å². The van der Waals surface area contributed by atoms with Crippen LogP contribution in [0.2, 0.25) is 0 Å². The molecule has 11 heteroatoms. The van der Waals surface area contributed by atoms with Crippen LogP contribution in [0.5, 0.6) is 0 Å². The number of urea groups is 1. The molecule has 3 aliphatic heterocycles. The lowest BCUT2D eigenvalue weighted by atomic mass is 10.1. The van der Waals surface area contributed by atoms with E-state index in [2.05, 4.69) is 33.7 Å². The van der Waals surface area contributed by atoms with Crippen LogP contribution in [0.4, 0.5) is 38.0 Å². The van der Waals surface area contributed by atoms with Gasteiger partial charge in [-0.3, -0.25) is 14.6 Å². The second-order valence-electron chi connectivity index (χ2n) is 10.6. The zero-order valence-corrected chi connectivity index (χ0v) is 23.0. The molecule has 6 rings (SSSR count). The number of piperazine rings is 1. The Labute approximate surface area is 238 Å². The van der Waals surface area contributed by atoms with Gasteiger partial charge in [0.05, 0.1) is 18.3 Å². The third kappa shape index (κ3) is 5.32. The van der Waals surface area contributed by atoms with Crippen LogP contribution in [0.25, 0.3) is 0 Å². The van der Waals surface area contributed by atoms with E-state index in [1.165, 1.54) is 12.1 Å². The number of amides is 3. The van der Waals surface area contributed by atoms with Gasteiger partial charge in [-0.05, 0) is 49.9 Å². The minimum Gasteiger partial charge on any atom is -0.367 e. The quantitative estimate of drug-likeness (QED) is 0.462. The topological polar surface area (TPSA) is 88.1 Å². The summed E-state index contributed by atoms with van der Waals surface area (Å²) in [6.45, 7) is 8.13. The molecule has 2 fully saturated rings. The second-order valence-corrected chi connectivity index (χ2v) is 10.6. The second kappa shape index (κ2) is 11.2. The summed E-state index contributed by atoms with van der Waals surface area (Å²) < 4.78 is 15.1. The maximum atomic E-state index is 15.1. The maximum Gasteiger partial charge on any atom is 0.330 e. The number of aromatic nitrogens is 2. The van der Waals surface area contributed by atoms with Crippen molar-refractivity contribution in [3.05, 3.63) is 78.8 Å². The van der Waals surface area contributed by atoms with Gasteiger partial charge in [-0.1, -0.05) is 24.8 Å². The number of anilines is 5. The van der Waals surface area contributed by atoms with Gasteiger partial charge in [0.2, 0.25) is 11.9 Å². The van der Waals surface area contributed by atoms with Crippen LogP contribution in [-0.2, 0) is 11.3 Å². The monoisotopic (exact) mass is 556 g/mol. The van der Waals surface area contributed by atoms with Crippen molar-refractivity contribution in [2.45, 2.75) is 19.0 Å². The summed E-state index contributed by atoms with van der Waals surface area (Å²) in [6.07, 6.45) is 3.61. The Hall–Kier alpha value is -4.51. The number of carbonyl (C=O) groups excluding carboxylic acids is 2. The van der Waals surface area contributed by atoms with E-state index in [0.717, 1.165) is 37.4 Å². The molecule has 1 aromatic heterocycles. The predicted octanol–water partition coefficient (Wildman–Crippen LogP) is 3.84. The van der Waals surface area contributed by atoms with E-state index in [9.17, 15) is 9.59 Å². The van der Waals surface area contributed by atoms with E-state index < -0.39 is 0 Å². The average molecular weight is 557 g/mol. The highest BCUT2D eigenvalue weighted by molar-refractivity contribution is 6.06. The number of nitrogens with one attached hydrogen (secondary N) is 1. The Balaban J connectivity index is 1.28. The molecule has 4 heterocycles. The van der Waals surface area contributed by atoms with Crippen LogP contribution in [0.3, 0.4) is 0 Å². The Morgan fingerprint density at radius 2 is 1.88 bits per heavy atom. The van der Waals surface area contributed by atoms with Crippen LogP contribution in [0.1, 0.15) is 12.0 Å². The Bertz CT molecular complexity index is 1460. The SMILES string of the molecule is C=CC(=O)N1CCC(N2C(=O)N(c3ccccc3)Cc3cnc(Nc4ccc(N5CCN(C)CC5)c(F)c4)nc32)C1. The van der Waals surface area contributed by atoms with Crippen molar-refractivity contribution < 1.29 is 14.0 Å². The number of likely N-dealkylation sites (N-methyl/N-ethyl adjacent to an activating group) is 1. The van der Waals surface area contributed by atoms with E-state index in [-0.39, 0.29) is 29.7 Å². The van der Waals surface area contributed by atoms with Gasteiger partial charge in [-0.15, -0.1) is 0 Å². The molecule has 3 aliphatic rings. The first-order chi connectivity index (χ1) is 19.9. The van der Waals surface area contributed by atoms with Crippen molar-refractivity contribution in [3.63, 3.8) is 0 Å². The molecule has 2 saturated heterocycles. The summed E-state index contributed by atoms with van der Waals surface area (Å²) >= 11 is 0. The molecular weight excluding hydrogens is 523 g/mol. The molecule has 1 N–H and O–H groups in total. The van der Waals surface area contributed by atoms with Crippen molar-refractivity contribution in [2.24, 2.45) is 0 Å². The van der Waals surface area contributed by atoms with Gasteiger partial charge in [0, 0.05) is 62.4 Å². The number of hydrogen-bond donors (Lipinski definition) is 1. The lowest BCUT2D eigenvalue weighted by Crippen LogP contribution is -2.53.